The van der Waals surface area contributed by atoms with Gasteiger partial charge in [-0.1, -0.05) is 6.07 Å². The standard InChI is InChI=1S/C16H13FN2O3S/c1-10-3-4-11(7-14(10)17)22-16-13-8-12(23(2,20)21)5-6-15(13)18-9-19-16/h3-9H,1-2H3. The Labute approximate surface area is 132 Å². The summed E-state index contributed by atoms with van der Waals surface area (Å²) in [4.78, 5) is 8.24. The van der Waals surface area contributed by atoms with Crippen molar-refractivity contribution >= 4 is 20.7 Å². The number of sulfone groups is 1. The Morgan fingerprint density at radius 1 is 1.09 bits per heavy atom. The number of aromatic nitrogens is 2. The third-order valence-corrected chi connectivity index (χ3v) is 4.47. The highest BCUT2D eigenvalue weighted by Crippen LogP contribution is 2.29. The number of benzene rings is 2. The van der Waals surface area contributed by atoms with Crippen molar-refractivity contribution in [2.45, 2.75) is 11.8 Å². The lowest BCUT2D eigenvalue weighted by Crippen LogP contribution is -1.98. The molecule has 3 rings (SSSR count). The fourth-order valence-electron chi connectivity index (χ4n) is 2.07. The summed E-state index contributed by atoms with van der Waals surface area (Å²) in [6.45, 7) is 1.65. The van der Waals surface area contributed by atoms with Gasteiger partial charge in [0, 0.05) is 12.3 Å². The fourth-order valence-corrected chi connectivity index (χ4v) is 2.72. The first-order valence-electron chi connectivity index (χ1n) is 6.73. The summed E-state index contributed by atoms with van der Waals surface area (Å²) in [6, 6.07) is 8.97. The van der Waals surface area contributed by atoms with Crippen molar-refractivity contribution in [2.24, 2.45) is 0 Å². The largest absolute Gasteiger partial charge is 0.438 e. The van der Waals surface area contributed by atoms with E-state index in [1.807, 2.05) is 0 Å². The zero-order chi connectivity index (χ0) is 16.6. The average Bonchev–Trinajstić information content (AvgIpc) is 2.50. The van der Waals surface area contributed by atoms with E-state index in [1.54, 1.807) is 25.1 Å². The van der Waals surface area contributed by atoms with Gasteiger partial charge in [0.25, 0.3) is 0 Å². The second-order valence-electron chi connectivity index (χ2n) is 5.14. The number of hydrogen-bond donors (Lipinski definition) is 0. The molecule has 0 saturated heterocycles. The number of rotatable bonds is 3. The summed E-state index contributed by atoms with van der Waals surface area (Å²) < 4.78 is 42.6. The Kier molecular flexibility index (Phi) is 3.73. The molecule has 5 nitrogen and oxygen atoms in total. The van der Waals surface area contributed by atoms with Crippen LogP contribution in [0.1, 0.15) is 5.56 Å². The summed E-state index contributed by atoms with van der Waals surface area (Å²) in [7, 11) is -3.37. The normalized spacial score (nSPS) is 11.6. The molecule has 0 fully saturated rings. The van der Waals surface area contributed by atoms with Crippen LogP contribution in [0.25, 0.3) is 10.9 Å². The summed E-state index contributed by atoms with van der Waals surface area (Å²) in [5, 5.41) is 0.441. The van der Waals surface area contributed by atoms with Crippen LogP contribution in [0.4, 0.5) is 4.39 Å². The predicted octanol–water partition coefficient (Wildman–Crippen LogP) is 3.27. The van der Waals surface area contributed by atoms with E-state index in [9.17, 15) is 12.8 Å². The zero-order valence-corrected chi connectivity index (χ0v) is 13.3. The molecule has 0 unspecified atom stereocenters. The number of ether oxygens (including phenoxy) is 1. The van der Waals surface area contributed by atoms with Crippen LogP contribution in [-0.4, -0.2) is 24.6 Å². The molecule has 0 bridgehead atoms. The van der Waals surface area contributed by atoms with E-state index < -0.39 is 15.7 Å². The molecule has 0 amide bonds. The van der Waals surface area contributed by atoms with Gasteiger partial charge in [-0.3, -0.25) is 0 Å². The Bertz CT molecular complexity index is 1000. The summed E-state index contributed by atoms with van der Waals surface area (Å²) in [6.07, 6.45) is 2.43. The van der Waals surface area contributed by atoms with E-state index in [-0.39, 0.29) is 16.5 Å². The molecule has 0 spiro atoms. The third kappa shape index (κ3) is 3.14. The molecule has 0 aliphatic rings. The van der Waals surface area contributed by atoms with E-state index in [0.29, 0.717) is 16.5 Å². The first-order chi connectivity index (χ1) is 10.8. The highest BCUT2D eigenvalue weighted by atomic mass is 32.2. The second-order valence-corrected chi connectivity index (χ2v) is 7.16. The van der Waals surface area contributed by atoms with Crippen molar-refractivity contribution < 1.29 is 17.5 Å². The second kappa shape index (κ2) is 5.58. The van der Waals surface area contributed by atoms with E-state index >= 15 is 0 Å². The molecular weight excluding hydrogens is 319 g/mol. The van der Waals surface area contributed by atoms with Crippen LogP contribution in [-0.2, 0) is 9.84 Å². The van der Waals surface area contributed by atoms with Gasteiger partial charge in [-0.05, 0) is 36.8 Å². The minimum absolute atomic E-state index is 0.139. The Morgan fingerprint density at radius 2 is 1.87 bits per heavy atom. The lowest BCUT2D eigenvalue weighted by Gasteiger charge is -2.09. The Morgan fingerprint density at radius 3 is 2.57 bits per heavy atom. The summed E-state index contributed by atoms with van der Waals surface area (Å²) >= 11 is 0. The first kappa shape index (κ1) is 15.4. The van der Waals surface area contributed by atoms with Gasteiger partial charge in [-0.15, -0.1) is 0 Å². The molecular formula is C16H13FN2O3S. The van der Waals surface area contributed by atoms with Crippen LogP contribution >= 0.6 is 0 Å². The predicted molar refractivity (Wildman–Crippen MR) is 83.9 cm³/mol. The summed E-state index contributed by atoms with van der Waals surface area (Å²) in [5.74, 6) is 0.0549. The molecule has 0 radical (unpaired) electrons. The van der Waals surface area contributed by atoms with Gasteiger partial charge in [0.15, 0.2) is 9.84 Å². The minimum atomic E-state index is -3.37. The lowest BCUT2D eigenvalue weighted by atomic mass is 10.2. The van der Waals surface area contributed by atoms with Crippen molar-refractivity contribution in [1.29, 1.82) is 0 Å². The molecule has 1 heterocycles. The molecule has 1 aromatic heterocycles. The van der Waals surface area contributed by atoms with Crippen LogP contribution in [0.2, 0.25) is 0 Å². The van der Waals surface area contributed by atoms with Crippen LogP contribution in [0.15, 0.2) is 47.6 Å². The van der Waals surface area contributed by atoms with Gasteiger partial charge >= 0.3 is 0 Å². The van der Waals surface area contributed by atoms with Crippen molar-refractivity contribution in [3.05, 3.63) is 54.1 Å². The highest BCUT2D eigenvalue weighted by molar-refractivity contribution is 7.90. The van der Waals surface area contributed by atoms with Crippen molar-refractivity contribution in [3.63, 3.8) is 0 Å². The van der Waals surface area contributed by atoms with Gasteiger partial charge in [-0.25, -0.2) is 22.8 Å². The molecule has 0 aliphatic heterocycles. The number of nitrogens with zero attached hydrogens (tertiary/aromatic N) is 2. The van der Waals surface area contributed by atoms with E-state index in [2.05, 4.69) is 9.97 Å². The molecule has 3 aromatic rings. The number of fused-ring (bicyclic) bond motifs is 1. The molecule has 2 aromatic carbocycles. The highest BCUT2D eigenvalue weighted by Gasteiger charge is 2.12. The molecule has 0 N–H and O–H groups in total. The van der Waals surface area contributed by atoms with Gasteiger partial charge in [0.1, 0.15) is 17.9 Å². The Hall–Kier alpha value is -2.54. The molecule has 0 saturated carbocycles. The van der Waals surface area contributed by atoms with Crippen molar-refractivity contribution in [3.8, 4) is 11.6 Å². The summed E-state index contributed by atoms with van der Waals surface area (Å²) in [5.41, 5.74) is 1.04. The molecule has 23 heavy (non-hydrogen) atoms. The molecule has 7 heteroatoms. The lowest BCUT2D eigenvalue weighted by molar-refractivity contribution is 0.462. The molecule has 118 valence electrons. The maximum Gasteiger partial charge on any atom is 0.230 e. The fraction of sp³-hybridized carbons (Fsp3) is 0.125. The molecule has 0 atom stereocenters. The number of aryl methyl sites for hydroxylation is 1. The Balaban J connectivity index is 2.11. The van der Waals surface area contributed by atoms with Crippen LogP contribution in [0.5, 0.6) is 11.6 Å². The number of halogens is 1. The first-order valence-corrected chi connectivity index (χ1v) is 8.62. The van der Waals surface area contributed by atoms with Crippen molar-refractivity contribution in [1.82, 2.24) is 9.97 Å². The van der Waals surface area contributed by atoms with Gasteiger partial charge < -0.3 is 4.74 Å². The van der Waals surface area contributed by atoms with Gasteiger partial charge in [-0.2, -0.15) is 0 Å². The quantitative estimate of drug-likeness (QED) is 0.736. The van der Waals surface area contributed by atoms with E-state index in [0.717, 1.165) is 6.26 Å². The monoisotopic (exact) mass is 332 g/mol. The maximum atomic E-state index is 13.6. The van der Waals surface area contributed by atoms with Crippen LogP contribution < -0.4 is 4.74 Å². The topological polar surface area (TPSA) is 69.2 Å². The van der Waals surface area contributed by atoms with Gasteiger partial charge in [0.2, 0.25) is 5.88 Å². The minimum Gasteiger partial charge on any atom is -0.438 e. The smallest absolute Gasteiger partial charge is 0.230 e. The molecule has 0 aliphatic carbocycles. The van der Waals surface area contributed by atoms with Crippen molar-refractivity contribution in [2.75, 3.05) is 6.26 Å². The SMILES string of the molecule is Cc1ccc(Oc2ncnc3ccc(S(C)(=O)=O)cc23)cc1F. The van der Waals surface area contributed by atoms with E-state index in [4.69, 9.17) is 4.74 Å². The van der Waals surface area contributed by atoms with Crippen LogP contribution in [0.3, 0.4) is 0 Å². The van der Waals surface area contributed by atoms with Gasteiger partial charge in [0.05, 0.1) is 15.8 Å². The average molecular weight is 332 g/mol. The third-order valence-electron chi connectivity index (χ3n) is 3.36. The number of hydrogen-bond acceptors (Lipinski definition) is 5. The zero-order valence-electron chi connectivity index (χ0n) is 12.4. The maximum absolute atomic E-state index is 13.6. The van der Waals surface area contributed by atoms with E-state index in [1.165, 1.54) is 24.5 Å². The van der Waals surface area contributed by atoms with Crippen LogP contribution in [0, 0.1) is 12.7 Å².